The van der Waals surface area contributed by atoms with Gasteiger partial charge in [0.15, 0.2) is 0 Å². The molecule has 12 heavy (non-hydrogen) atoms. The van der Waals surface area contributed by atoms with Crippen LogP contribution in [-0.4, -0.2) is 5.75 Å². The van der Waals surface area contributed by atoms with Crippen molar-refractivity contribution in [1.82, 2.24) is 0 Å². The van der Waals surface area contributed by atoms with E-state index in [4.69, 9.17) is 11.5 Å². The molecule has 1 aromatic rings. The van der Waals surface area contributed by atoms with Gasteiger partial charge in [0.1, 0.15) is 0 Å². The number of rotatable bonds is 0. The van der Waals surface area contributed by atoms with Crippen LogP contribution in [0.3, 0.4) is 0 Å². The van der Waals surface area contributed by atoms with E-state index in [0.717, 1.165) is 5.56 Å². The third-order valence-corrected chi connectivity index (χ3v) is 1.49. The summed E-state index contributed by atoms with van der Waals surface area (Å²) in [7, 11) is 0. The maximum Gasteiger partial charge on any atom is 0.0521 e. The van der Waals surface area contributed by atoms with Crippen molar-refractivity contribution in [3.05, 3.63) is 35.2 Å². The quantitative estimate of drug-likeness (QED) is 0.465. The first-order valence-electron chi connectivity index (χ1n) is 3.41. The van der Waals surface area contributed by atoms with Gasteiger partial charge in [0.2, 0.25) is 0 Å². The van der Waals surface area contributed by atoms with Crippen LogP contribution in [0.15, 0.2) is 18.2 Å². The van der Waals surface area contributed by atoms with Gasteiger partial charge in [0.05, 0.1) is 5.75 Å². The Hall–Kier alpha value is -1.27. The Kier molecular flexibility index (Phi) is 2.89. The molecule has 1 aromatic carbocycles. The Bertz CT molecular complexity index is 336. The maximum absolute atomic E-state index is 7.32. The summed E-state index contributed by atoms with van der Waals surface area (Å²) in [6.07, 6.45) is 0. The first kappa shape index (κ1) is 8.82. The van der Waals surface area contributed by atoms with Crippen molar-refractivity contribution in [2.45, 2.75) is 0 Å². The van der Waals surface area contributed by atoms with Crippen LogP contribution in [0, 0.1) is 11.8 Å². The molecule has 0 aliphatic rings. The van der Waals surface area contributed by atoms with E-state index in [-0.39, 0.29) is 11.4 Å². The SMILES string of the molecule is [NH-]c1ccc(C#CCS)cc1[NH-]. The molecule has 62 valence electrons. The zero-order valence-electron chi connectivity index (χ0n) is 6.39. The number of nitrogens with one attached hydrogen (secondary N) is 2. The average molecular weight is 176 g/mol. The van der Waals surface area contributed by atoms with E-state index < -0.39 is 0 Å². The smallest absolute Gasteiger partial charge is 0.0521 e. The zero-order chi connectivity index (χ0) is 8.97. The summed E-state index contributed by atoms with van der Waals surface area (Å²) in [5.74, 6) is 6.12. The van der Waals surface area contributed by atoms with E-state index in [1.54, 1.807) is 18.2 Å². The highest BCUT2D eigenvalue weighted by molar-refractivity contribution is 7.80. The molecule has 0 saturated heterocycles. The highest BCUT2D eigenvalue weighted by atomic mass is 32.1. The minimum atomic E-state index is 0.209. The molecule has 0 saturated carbocycles. The molecule has 0 spiro atoms. The van der Waals surface area contributed by atoms with E-state index >= 15 is 0 Å². The molecule has 0 unspecified atom stereocenters. The normalized spacial score (nSPS) is 8.75. The van der Waals surface area contributed by atoms with Crippen molar-refractivity contribution in [3.63, 3.8) is 0 Å². The van der Waals surface area contributed by atoms with Crippen molar-refractivity contribution in [2.24, 2.45) is 0 Å². The van der Waals surface area contributed by atoms with E-state index in [1.165, 1.54) is 0 Å². The Morgan fingerprint density at radius 3 is 2.58 bits per heavy atom. The summed E-state index contributed by atoms with van der Waals surface area (Å²) in [4.78, 5) is 0. The van der Waals surface area contributed by atoms with Crippen LogP contribution in [-0.2, 0) is 0 Å². The molecule has 0 bridgehead atoms. The molecule has 0 fully saturated rings. The van der Waals surface area contributed by atoms with Crippen molar-refractivity contribution in [3.8, 4) is 11.8 Å². The Morgan fingerprint density at radius 2 is 2.00 bits per heavy atom. The molecule has 0 aliphatic carbocycles. The van der Waals surface area contributed by atoms with Crippen LogP contribution in [0.2, 0.25) is 0 Å². The van der Waals surface area contributed by atoms with Crippen LogP contribution in [0.1, 0.15) is 5.56 Å². The lowest BCUT2D eigenvalue weighted by molar-refractivity contribution is 1.67. The van der Waals surface area contributed by atoms with Crippen LogP contribution < -0.4 is 0 Å². The second kappa shape index (κ2) is 3.93. The van der Waals surface area contributed by atoms with Gasteiger partial charge in [0, 0.05) is 5.56 Å². The van der Waals surface area contributed by atoms with Gasteiger partial charge in [-0.1, -0.05) is 24.0 Å². The molecule has 0 aromatic heterocycles. The second-order valence-electron chi connectivity index (χ2n) is 2.22. The number of hydrogen-bond acceptors (Lipinski definition) is 1. The van der Waals surface area contributed by atoms with E-state index in [9.17, 15) is 0 Å². The van der Waals surface area contributed by atoms with Crippen molar-refractivity contribution in [1.29, 1.82) is 0 Å². The lowest BCUT2D eigenvalue weighted by atomic mass is 10.2. The van der Waals surface area contributed by atoms with Crippen molar-refractivity contribution >= 4 is 24.0 Å². The van der Waals surface area contributed by atoms with E-state index in [1.807, 2.05) is 0 Å². The fourth-order valence-corrected chi connectivity index (χ4v) is 0.843. The molecule has 2 N–H and O–H groups in total. The lowest BCUT2D eigenvalue weighted by Crippen LogP contribution is -1.72. The Labute approximate surface area is 77.4 Å². The van der Waals surface area contributed by atoms with Gasteiger partial charge in [0.25, 0.3) is 0 Å². The molecule has 0 aliphatic heterocycles. The molecule has 0 atom stereocenters. The first-order valence-corrected chi connectivity index (χ1v) is 4.04. The van der Waals surface area contributed by atoms with Gasteiger partial charge in [-0.2, -0.15) is 24.0 Å². The van der Waals surface area contributed by atoms with Crippen LogP contribution in [0.4, 0.5) is 11.4 Å². The van der Waals surface area contributed by atoms with Crippen LogP contribution in [0.5, 0.6) is 0 Å². The summed E-state index contributed by atoms with van der Waals surface area (Å²) < 4.78 is 0. The molecular weight excluding hydrogens is 168 g/mol. The fraction of sp³-hybridized carbons (Fsp3) is 0.111. The summed E-state index contributed by atoms with van der Waals surface area (Å²) in [6, 6.07) is 4.89. The molecule has 2 nitrogen and oxygen atoms in total. The topological polar surface area (TPSA) is 47.6 Å². The molecule has 0 amide bonds. The maximum atomic E-state index is 7.32. The summed E-state index contributed by atoms with van der Waals surface area (Å²) in [6.45, 7) is 0. The summed E-state index contributed by atoms with van der Waals surface area (Å²) >= 11 is 3.94. The lowest BCUT2D eigenvalue weighted by Gasteiger charge is -2.14. The van der Waals surface area contributed by atoms with Gasteiger partial charge in [-0.05, 0) is 6.07 Å². The predicted molar refractivity (Wildman–Crippen MR) is 55.1 cm³/mol. The number of hydrogen-bond donors (Lipinski definition) is 1. The molecular formula is C9H8N2S-2. The highest BCUT2D eigenvalue weighted by Crippen LogP contribution is 2.26. The highest BCUT2D eigenvalue weighted by Gasteiger charge is 1.83. The molecule has 3 heteroatoms. The zero-order valence-corrected chi connectivity index (χ0v) is 7.28. The van der Waals surface area contributed by atoms with Crippen LogP contribution >= 0.6 is 12.6 Å². The largest absolute Gasteiger partial charge is 0.700 e. The minimum absolute atomic E-state index is 0.209. The van der Waals surface area contributed by atoms with Crippen LogP contribution in [0.25, 0.3) is 11.5 Å². The minimum Gasteiger partial charge on any atom is -0.700 e. The number of thiol groups is 1. The monoisotopic (exact) mass is 176 g/mol. The summed E-state index contributed by atoms with van der Waals surface area (Å²) in [5.41, 5.74) is 15.8. The first-order chi connectivity index (χ1) is 5.74. The fourth-order valence-electron chi connectivity index (χ4n) is 0.764. The standard InChI is InChI=1S/C9H8N2S/c10-8-4-3-7(2-1-5-12)6-9(8)11/h3-4,6,10-12H,5H2/q-2. The van der Waals surface area contributed by atoms with Gasteiger partial charge < -0.3 is 11.5 Å². The third-order valence-electron chi connectivity index (χ3n) is 1.33. The Balaban J connectivity index is 2.97. The predicted octanol–water partition coefficient (Wildman–Crippen LogP) is 3.34. The average Bonchev–Trinajstić information content (AvgIpc) is 2.07. The van der Waals surface area contributed by atoms with Gasteiger partial charge in [-0.25, -0.2) is 0 Å². The molecule has 1 rings (SSSR count). The molecule has 0 radical (unpaired) electrons. The van der Waals surface area contributed by atoms with Crippen molar-refractivity contribution < 1.29 is 0 Å². The van der Waals surface area contributed by atoms with Gasteiger partial charge in [-0.3, -0.25) is 0 Å². The van der Waals surface area contributed by atoms with Gasteiger partial charge >= 0.3 is 0 Å². The second-order valence-corrected chi connectivity index (χ2v) is 2.54. The Morgan fingerprint density at radius 1 is 1.25 bits per heavy atom. The van der Waals surface area contributed by atoms with E-state index in [2.05, 4.69) is 24.5 Å². The summed E-state index contributed by atoms with van der Waals surface area (Å²) in [5, 5.41) is 0. The molecule has 0 heterocycles. The number of benzene rings is 1. The van der Waals surface area contributed by atoms with E-state index in [0.29, 0.717) is 5.75 Å². The third kappa shape index (κ3) is 2.11. The van der Waals surface area contributed by atoms with Gasteiger partial charge in [-0.15, -0.1) is 0 Å². The van der Waals surface area contributed by atoms with Crippen molar-refractivity contribution in [2.75, 3.05) is 5.75 Å².